The van der Waals surface area contributed by atoms with Crippen molar-refractivity contribution in [2.45, 2.75) is 78.4 Å². The van der Waals surface area contributed by atoms with Crippen molar-refractivity contribution in [3.8, 4) is 0 Å². The first-order chi connectivity index (χ1) is 8.97. The zero-order valence-corrected chi connectivity index (χ0v) is 12.9. The van der Waals surface area contributed by atoms with Gasteiger partial charge in [0, 0.05) is 6.04 Å². The lowest BCUT2D eigenvalue weighted by molar-refractivity contribution is -0.153. The number of piperazine rings is 1. The van der Waals surface area contributed by atoms with Crippen LogP contribution in [0.1, 0.15) is 60.3 Å². The molecule has 0 radical (unpaired) electrons. The predicted molar refractivity (Wildman–Crippen MR) is 76.7 cm³/mol. The zero-order chi connectivity index (χ0) is 14.6. The van der Waals surface area contributed by atoms with Gasteiger partial charge in [0.25, 0.3) is 0 Å². The maximum atomic E-state index is 12.7. The number of amides is 2. The van der Waals surface area contributed by atoms with Gasteiger partial charge in [0.2, 0.25) is 11.8 Å². The van der Waals surface area contributed by atoms with Crippen molar-refractivity contribution in [3.05, 3.63) is 0 Å². The molecule has 4 unspecified atom stereocenters. The molecule has 0 aromatic carbocycles. The Labute approximate surface area is 116 Å². The van der Waals surface area contributed by atoms with E-state index in [-0.39, 0.29) is 35.9 Å². The Bertz CT molecular complexity index is 330. The summed E-state index contributed by atoms with van der Waals surface area (Å²) in [7, 11) is 0. The van der Waals surface area contributed by atoms with Crippen LogP contribution in [-0.4, -0.2) is 34.8 Å². The molecule has 2 amide bonds. The Morgan fingerprint density at radius 2 is 1.79 bits per heavy atom. The fourth-order valence-corrected chi connectivity index (χ4v) is 2.64. The van der Waals surface area contributed by atoms with E-state index in [1.54, 1.807) is 0 Å². The Morgan fingerprint density at radius 3 is 2.26 bits per heavy atom. The second kappa shape index (κ2) is 6.92. The summed E-state index contributed by atoms with van der Waals surface area (Å²) in [6.07, 6.45) is 3.43. The van der Waals surface area contributed by atoms with Crippen LogP contribution >= 0.6 is 0 Å². The Balaban J connectivity index is 3.01. The maximum absolute atomic E-state index is 12.7. The van der Waals surface area contributed by atoms with Crippen LogP contribution < -0.4 is 5.32 Å². The maximum Gasteiger partial charge on any atom is 0.246 e. The first-order valence-electron chi connectivity index (χ1n) is 7.60. The van der Waals surface area contributed by atoms with Crippen molar-refractivity contribution in [3.63, 3.8) is 0 Å². The SMILES string of the molecule is CCCC1C(=O)NC(C(C)CC)C(=O)N1C(C)CC. The van der Waals surface area contributed by atoms with Gasteiger partial charge in [0.15, 0.2) is 0 Å². The summed E-state index contributed by atoms with van der Waals surface area (Å²) in [6.45, 7) is 10.2. The van der Waals surface area contributed by atoms with Gasteiger partial charge in [-0.25, -0.2) is 0 Å². The van der Waals surface area contributed by atoms with Gasteiger partial charge in [0.1, 0.15) is 12.1 Å². The fourth-order valence-electron chi connectivity index (χ4n) is 2.64. The van der Waals surface area contributed by atoms with Crippen LogP contribution in [0.4, 0.5) is 0 Å². The molecule has 1 N–H and O–H groups in total. The van der Waals surface area contributed by atoms with E-state index in [0.717, 1.165) is 25.7 Å². The molecule has 1 aliphatic heterocycles. The van der Waals surface area contributed by atoms with Crippen molar-refractivity contribution in [2.75, 3.05) is 0 Å². The van der Waals surface area contributed by atoms with Crippen molar-refractivity contribution < 1.29 is 9.59 Å². The summed E-state index contributed by atoms with van der Waals surface area (Å²) in [5.74, 6) is 0.305. The lowest BCUT2D eigenvalue weighted by Crippen LogP contribution is -2.66. The van der Waals surface area contributed by atoms with Crippen LogP contribution in [0.3, 0.4) is 0 Å². The normalized spacial score (nSPS) is 27.1. The summed E-state index contributed by atoms with van der Waals surface area (Å²) in [4.78, 5) is 26.8. The number of hydrogen-bond donors (Lipinski definition) is 1. The lowest BCUT2D eigenvalue weighted by Gasteiger charge is -2.43. The van der Waals surface area contributed by atoms with Gasteiger partial charge < -0.3 is 10.2 Å². The van der Waals surface area contributed by atoms with Crippen molar-refractivity contribution >= 4 is 11.8 Å². The first kappa shape index (κ1) is 16.0. The highest BCUT2D eigenvalue weighted by atomic mass is 16.2. The van der Waals surface area contributed by atoms with Gasteiger partial charge in [-0.2, -0.15) is 0 Å². The minimum Gasteiger partial charge on any atom is -0.342 e. The summed E-state index contributed by atoms with van der Waals surface area (Å²) in [6, 6.07) is -0.506. The van der Waals surface area contributed by atoms with Crippen molar-refractivity contribution in [1.29, 1.82) is 0 Å². The van der Waals surface area contributed by atoms with E-state index in [2.05, 4.69) is 19.2 Å². The monoisotopic (exact) mass is 268 g/mol. The van der Waals surface area contributed by atoms with Gasteiger partial charge in [-0.3, -0.25) is 9.59 Å². The molecule has 0 spiro atoms. The van der Waals surface area contributed by atoms with Crippen LogP contribution in [0.2, 0.25) is 0 Å². The van der Waals surface area contributed by atoms with Gasteiger partial charge >= 0.3 is 0 Å². The highest BCUT2D eigenvalue weighted by molar-refractivity contribution is 5.97. The molecule has 0 aromatic rings. The molecule has 0 aromatic heterocycles. The number of rotatable bonds is 6. The smallest absolute Gasteiger partial charge is 0.246 e. The molecule has 1 heterocycles. The van der Waals surface area contributed by atoms with E-state index >= 15 is 0 Å². The Kier molecular flexibility index (Phi) is 5.83. The fraction of sp³-hybridized carbons (Fsp3) is 0.867. The average molecular weight is 268 g/mol. The molecule has 0 bridgehead atoms. The second-order valence-corrected chi connectivity index (χ2v) is 5.68. The molecule has 0 aliphatic carbocycles. The number of nitrogens with one attached hydrogen (secondary N) is 1. The minimum absolute atomic E-state index is 0.0204. The molecule has 19 heavy (non-hydrogen) atoms. The van der Waals surface area contributed by atoms with Crippen LogP contribution in [0.25, 0.3) is 0 Å². The van der Waals surface area contributed by atoms with E-state index in [1.165, 1.54) is 0 Å². The number of nitrogens with zero attached hydrogens (tertiary/aromatic N) is 1. The number of carbonyl (C=O) groups excluding carboxylic acids is 2. The van der Waals surface area contributed by atoms with E-state index in [1.807, 2.05) is 25.7 Å². The number of hydrogen-bond acceptors (Lipinski definition) is 2. The van der Waals surface area contributed by atoms with Crippen LogP contribution in [0.15, 0.2) is 0 Å². The quantitative estimate of drug-likeness (QED) is 0.803. The molecule has 110 valence electrons. The van der Waals surface area contributed by atoms with Gasteiger partial charge in [-0.15, -0.1) is 0 Å². The molecule has 4 heteroatoms. The summed E-state index contributed by atoms with van der Waals surface area (Å²) < 4.78 is 0. The first-order valence-corrected chi connectivity index (χ1v) is 7.60. The molecular formula is C15H28N2O2. The largest absolute Gasteiger partial charge is 0.342 e. The van der Waals surface area contributed by atoms with Crippen LogP contribution in [0.5, 0.6) is 0 Å². The summed E-state index contributed by atoms with van der Waals surface area (Å²) in [5.41, 5.74) is 0. The van der Waals surface area contributed by atoms with Crippen molar-refractivity contribution in [1.82, 2.24) is 10.2 Å². The topological polar surface area (TPSA) is 49.4 Å². The van der Waals surface area contributed by atoms with Gasteiger partial charge in [-0.05, 0) is 25.7 Å². The zero-order valence-electron chi connectivity index (χ0n) is 12.9. The lowest BCUT2D eigenvalue weighted by atomic mass is 9.92. The predicted octanol–water partition coefficient (Wildman–Crippen LogP) is 2.33. The third-order valence-corrected chi connectivity index (χ3v) is 4.30. The molecule has 1 aliphatic rings. The Hall–Kier alpha value is -1.06. The molecule has 1 fully saturated rings. The number of carbonyl (C=O) groups is 2. The standard InChI is InChI=1S/C15H28N2O2/c1-6-9-12-14(18)16-13(10(4)7-2)15(19)17(12)11(5)8-3/h10-13H,6-9H2,1-5H3,(H,16,18). The van der Waals surface area contributed by atoms with Crippen molar-refractivity contribution in [2.24, 2.45) is 5.92 Å². The second-order valence-electron chi connectivity index (χ2n) is 5.68. The molecule has 4 nitrogen and oxygen atoms in total. The minimum atomic E-state index is -0.348. The molecule has 0 saturated carbocycles. The van der Waals surface area contributed by atoms with Crippen LogP contribution in [0, 0.1) is 5.92 Å². The molecule has 4 atom stereocenters. The third kappa shape index (κ3) is 3.28. The summed E-state index contributed by atoms with van der Waals surface area (Å²) in [5, 5.41) is 2.93. The van der Waals surface area contributed by atoms with E-state index in [0.29, 0.717) is 0 Å². The highest BCUT2D eigenvalue weighted by Crippen LogP contribution is 2.23. The molecule has 1 saturated heterocycles. The highest BCUT2D eigenvalue weighted by Gasteiger charge is 2.43. The van der Waals surface area contributed by atoms with E-state index in [4.69, 9.17) is 0 Å². The molecular weight excluding hydrogens is 240 g/mol. The average Bonchev–Trinajstić information content (AvgIpc) is 2.41. The van der Waals surface area contributed by atoms with E-state index < -0.39 is 0 Å². The molecule has 1 rings (SSSR count). The third-order valence-electron chi connectivity index (χ3n) is 4.30. The summed E-state index contributed by atoms with van der Waals surface area (Å²) >= 11 is 0. The van der Waals surface area contributed by atoms with Gasteiger partial charge in [0.05, 0.1) is 0 Å². The van der Waals surface area contributed by atoms with Gasteiger partial charge in [-0.1, -0.05) is 40.5 Å². The Morgan fingerprint density at radius 1 is 1.16 bits per heavy atom. The van der Waals surface area contributed by atoms with E-state index in [9.17, 15) is 9.59 Å². The van der Waals surface area contributed by atoms with Crippen LogP contribution in [-0.2, 0) is 9.59 Å².